The van der Waals surface area contributed by atoms with Crippen molar-refractivity contribution < 1.29 is 0 Å². The van der Waals surface area contributed by atoms with Crippen LogP contribution in [0.5, 0.6) is 0 Å². The average molecular weight is 470 g/mol. The zero-order valence-electron chi connectivity index (χ0n) is 19.2. The highest BCUT2D eigenvalue weighted by Crippen LogP contribution is 2.36. The molecule has 2 aromatic carbocycles. The van der Waals surface area contributed by atoms with Gasteiger partial charge in [-0.05, 0) is 41.8 Å². The predicted octanol–water partition coefficient (Wildman–Crippen LogP) is 4.55. The minimum absolute atomic E-state index is 0.0955. The minimum atomic E-state index is -1.09. The van der Waals surface area contributed by atoms with Gasteiger partial charge in [-0.25, -0.2) is 4.98 Å². The molecule has 0 aliphatic carbocycles. The summed E-state index contributed by atoms with van der Waals surface area (Å²) >= 11 is 6.17. The van der Waals surface area contributed by atoms with E-state index in [0.29, 0.717) is 10.7 Å². The Balaban J connectivity index is 1.84. The zero-order valence-corrected chi connectivity index (χ0v) is 19.9. The molecular weight excluding hydrogens is 446 g/mol. The lowest BCUT2D eigenvalue weighted by atomic mass is 9.83. The van der Waals surface area contributed by atoms with Crippen LogP contribution in [0.2, 0.25) is 5.02 Å². The Morgan fingerprint density at radius 2 is 1.76 bits per heavy atom. The molecule has 0 aliphatic heterocycles. The molecule has 7 heteroatoms. The molecule has 3 heterocycles. The van der Waals surface area contributed by atoms with Gasteiger partial charge < -0.3 is 14.9 Å². The maximum absolute atomic E-state index is 12.8. The molecule has 6 nitrogen and oxygen atoms in total. The van der Waals surface area contributed by atoms with Crippen molar-refractivity contribution in [3.8, 4) is 11.1 Å². The summed E-state index contributed by atoms with van der Waals surface area (Å²) in [6.07, 6.45) is 5.19. The number of imidazole rings is 1. The first-order valence-electron chi connectivity index (χ1n) is 10.9. The first-order valence-corrected chi connectivity index (χ1v) is 11.3. The van der Waals surface area contributed by atoms with Crippen LogP contribution in [0.25, 0.3) is 22.0 Å². The number of rotatable bonds is 4. The summed E-state index contributed by atoms with van der Waals surface area (Å²) in [4.78, 5) is 21.8. The third-order valence-corrected chi connectivity index (χ3v) is 6.64. The lowest BCUT2D eigenvalue weighted by molar-refractivity contribution is 0.579. The third-order valence-electron chi connectivity index (χ3n) is 6.39. The van der Waals surface area contributed by atoms with Gasteiger partial charge >= 0.3 is 0 Å². The van der Waals surface area contributed by atoms with E-state index in [-0.39, 0.29) is 5.56 Å². The van der Waals surface area contributed by atoms with Crippen LogP contribution < -0.4 is 11.3 Å². The van der Waals surface area contributed by atoms with E-state index >= 15 is 0 Å². The van der Waals surface area contributed by atoms with E-state index in [2.05, 4.69) is 11.1 Å². The van der Waals surface area contributed by atoms with E-state index in [4.69, 9.17) is 22.3 Å². The Labute approximate surface area is 202 Å². The summed E-state index contributed by atoms with van der Waals surface area (Å²) in [7, 11) is 3.66. The van der Waals surface area contributed by atoms with Gasteiger partial charge in [0.05, 0.1) is 35.6 Å². The highest BCUT2D eigenvalue weighted by molar-refractivity contribution is 6.30. The van der Waals surface area contributed by atoms with Crippen molar-refractivity contribution in [3.63, 3.8) is 0 Å². The van der Waals surface area contributed by atoms with Gasteiger partial charge in [0.1, 0.15) is 5.54 Å². The fraction of sp³-hybridized carbons (Fsp3) is 0.148. The van der Waals surface area contributed by atoms with Gasteiger partial charge in [0, 0.05) is 30.6 Å². The summed E-state index contributed by atoms with van der Waals surface area (Å²) in [6, 6.07) is 19.2. The van der Waals surface area contributed by atoms with E-state index < -0.39 is 5.54 Å². The molecule has 1 atom stereocenters. The molecule has 2 N–H and O–H groups in total. The zero-order chi connectivity index (χ0) is 24.0. The van der Waals surface area contributed by atoms with E-state index in [1.165, 1.54) is 0 Å². The molecule has 1 unspecified atom stereocenters. The maximum Gasteiger partial charge on any atom is 0.251 e. The van der Waals surface area contributed by atoms with Gasteiger partial charge in [-0.3, -0.25) is 9.78 Å². The standard InChI is InChI=1S/C27H24ClN5O/c1-17-5-4-6-18(11-17)21-13-26(34)33(3)23-14-31-24(12-22(21)23)27(29,25-15-30-16-32(25)2)19-7-9-20(28)10-8-19/h4-16H,29H2,1-3H3. The normalized spacial score (nSPS) is 13.2. The number of aryl methyl sites for hydroxylation is 3. The fourth-order valence-corrected chi connectivity index (χ4v) is 4.62. The van der Waals surface area contributed by atoms with Gasteiger partial charge in [0.15, 0.2) is 0 Å². The Morgan fingerprint density at radius 1 is 1.00 bits per heavy atom. The van der Waals surface area contributed by atoms with E-state index in [1.807, 2.05) is 67.1 Å². The van der Waals surface area contributed by atoms with Crippen molar-refractivity contribution in [3.05, 3.63) is 117 Å². The molecule has 0 saturated heterocycles. The van der Waals surface area contributed by atoms with Crippen molar-refractivity contribution in [2.24, 2.45) is 19.8 Å². The SMILES string of the molecule is Cc1cccc(-c2cc(=O)n(C)c3cnc(C(N)(c4ccc(Cl)cc4)c4cncn4C)cc23)c1. The largest absolute Gasteiger partial charge is 0.335 e. The van der Waals surface area contributed by atoms with Crippen LogP contribution in [-0.4, -0.2) is 19.1 Å². The predicted molar refractivity (Wildman–Crippen MR) is 136 cm³/mol. The number of fused-ring (bicyclic) bond motifs is 1. The van der Waals surface area contributed by atoms with Gasteiger partial charge in [-0.15, -0.1) is 0 Å². The summed E-state index contributed by atoms with van der Waals surface area (Å²) in [5.74, 6) is 0. The molecule has 0 spiro atoms. The Kier molecular flexibility index (Phi) is 5.35. The van der Waals surface area contributed by atoms with Crippen molar-refractivity contribution in [1.29, 1.82) is 0 Å². The van der Waals surface area contributed by atoms with Crippen molar-refractivity contribution >= 4 is 22.5 Å². The van der Waals surface area contributed by atoms with Crippen molar-refractivity contribution in [2.45, 2.75) is 12.5 Å². The van der Waals surface area contributed by atoms with Crippen molar-refractivity contribution in [2.75, 3.05) is 0 Å². The van der Waals surface area contributed by atoms with Gasteiger partial charge in [-0.1, -0.05) is 53.6 Å². The van der Waals surface area contributed by atoms with Crippen LogP contribution in [0.1, 0.15) is 22.5 Å². The molecule has 5 aromatic rings. The molecule has 170 valence electrons. The first kappa shape index (κ1) is 22.1. The number of hydrogen-bond donors (Lipinski definition) is 1. The fourth-order valence-electron chi connectivity index (χ4n) is 4.49. The van der Waals surface area contributed by atoms with Gasteiger partial charge in [0.25, 0.3) is 5.56 Å². The number of aromatic nitrogens is 4. The molecule has 0 aliphatic rings. The molecule has 0 fully saturated rings. The van der Waals surface area contributed by atoms with Crippen molar-refractivity contribution in [1.82, 2.24) is 19.1 Å². The van der Waals surface area contributed by atoms with Gasteiger partial charge in [0.2, 0.25) is 0 Å². The van der Waals surface area contributed by atoms with Crippen LogP contribution >= 0.6 is 11.6 Å². The van der Waals surface area contributed by atoms with Crippen LogP contribution in [-0.2, 0) is 19.6 Å². The van der Waals surface area contributed by atoms with Gasteiger partial charge in [-0.2, -0.15) is 0 Å². The monoisotopic (exact) mass is 469 g/mol. The highest BCUT2D eigenvalue weighted by Gasteiger charge is 2.36. The molecular formula is C27H24ClN5O. The second kappa shape index (κ2) is 8.24. The number of benzene rings is 2. The lowest BCUT2D eigenvalue weighted by Gasteiger charge is -2.30. The second-order valence-corrected chi connectivity index (χ2v) is 9.05. The number of hydrogen-bond acceptors (Lipinski definition) is 4. The van der Waals surface area contributed by atoms with Crippen LogP contribution in [0, 0.1) is 6.92 Å². The Hall–Kier alpha value is -3.74. The smallest absolute Gasteiger partial charge is 0.251 e. The number of pyridine rings is 2. The summed E-state index contributed by atoms with van der Waals surface area (Å²) in [5, 5.41) is 1.52. The second-order valence-electron chi connectivity index (χ2n) is 8.62. The molecule has 5 rings (SSSR count). The molecule has 3 aromatic heterocycles. The molecule has 0 radical (unpaired) electrons. The third kappa shape index (κ3) is 3.52. The topological polar surface area (TPSA) is 78.7 Å². The summed E-state index contributed by atoms with van der Waals surface area (Å²) in [5.41, 5.74) is 11.9. The maximum atomic E-state index is 12.8. The number of halogens is 1. The first-order chi connectivity index (χ1) is 16.3. The molecule has 0 amide bonds. The van der Waals surface area contributed by atoms with E-state index in [0.717, 1.165) is 38.9 Å². The summed E-state index contributed by atoms with van der Waals surface area (Å²) < 4.78 is 3.50. The summed E-state index contributed by atoms with van der Waals surface area (Å²) in [6.45, 7) is 2.04. The number of nitrogens with zero attached hydrogens (tertiary/aromatic N) is 4. The Morgan fingerprint density at radius 3 is 2.44 bits per heavy atom. The molecule has 0 bridgehead atoms. The van der Waals surface area contributed by atoms with E-state index in [1.54, 1.807) is 36.4 Å². The molecule has 0 saturated carbocycles. The van der Waals surface area contributed by atoms with Crippen LogP contribution in [0.4, 0.5) is 0 Å². The highest BCUT2D eigenvalue weighted by atomic mass is 35.5. The minimum Gasteiger partial charge on any atom is -0.335 e. The quantitative estimate of drug-likeness (QED) is 0.419. The van der Waals surface area contributed by atoms with Crippen LogP contribution in [0.15, 0.2) is 84.2 Å². The lowest BCUT2D eigenvalue weighted by Crippen LogP contribution is -2.41. The number of nitrogens with two attached hydrogens (primary N) is 1. The average Bonchev–Trinajstić information content (AvgIpc) is 3.27. The molecule has 34 heavy (non-hydrogen) atoms. The van der Waals surface area contributed by atoms with Crippen LogP contribution in [0.3, 0.4) is 0 Å². The Bertz CT molecular complexity index is 1590. The van der Waals surface area contributed by atoms with E-state index in [9.17, 15) is 4.79 Å².